The highest BCUT2D eigenvalue weighted by Crippen LogP contribution is 2.32. The van der Waals surface area contributed by atoms with Crippen LogP contribution in [0.4, 0.5) is 0 Å². The summed E-state index contributed by atoms with van der Waals surface area (Å²) in [4.78, 5) is 2.97. The van der Waals surface area contributed by atoms with Gasteiger partial charge in [0, 0.05) is 9.75 Å². The van der Waals surface area contributed by atoms with E-state index in [1.807, 2.05) is 11.3 Å². The molecule has 0 unspecified atom stereocenters. The fourth-order valence-electron chi connectivity index (χ4n) is 1.51. The molecule has 1 aliphatic rings. The van der Waals surface area contributed by atoms with Crippen LogP contribution in [0.15, 0.2) is 6.08 Å². The fraction of sp³-hybridized carbons (Fsp3) is 0.333. The average Bonchev–Trinajstić information content (AvgIpc) is 2.39. The number of aryl methyl sites for hydroxylation is 2. The smallest absolute Gasteiger partial charge is 0.00922 e. The highest BCUT2D eigenvalue weighted by atomic mass is 32.1. The van der Waals surface area contributed by atoms with Gasteiger partial charge in [0.1, 0.15) is 0 Å². The molecule has 0 aromatic carbocycles. The zero-order valence-electron chi connectivity index (χ0n) is 6.27. The van der Waals surface area contributed by atoms with E-state index in [9.17, 15) is 0 Å². The lowest BCUT2D eigenvalue weighted by Gasteiger charge is -1.88. The van der Waals surface area contributed by atoms with Gasteiger partial charge in [-0.1, -0.05) is 12.2 Å². The number of hydrogen-bond acceptors (Lipinski definition) is 1. The predicted octanol–water partition coefficient (Wildman–Crippen LogP) is 2.93. The fourth-order valence-corrected chi connectivity index (χ4v) is 2.59. The van der Waals surface area contributed by atoms with E-state index in [1.54, 1.807) is 5.56 Å². The highest BCUT2D eigenvalue weighted by Gasteiger charge is 2.12. The Labute approximate surface area is 65.2 Å². The van der Waals surface area contributed by atoms with E-state index < -0.39 is 0 Å². The molecule has 0 aliphatic heterocycles. The van der Waals surface area contributed by atoms with Crippen LogP contribution in [0.5, 0.6) is 0 Å². The van der Waals surface area contributed by atoms with Crippen molar-refractivity contribution in [2.45, 2.75) is 20.3 Å². The van der Waals surface area contributed by atoms with Crippen LogP contribution >= 0.6 is 11.3 Å². The highest BCUT2D eigenvalue weighted by molar-refractivity contribution is 7.12. The Morgan fingerprint density at radius 2 is 2.10 bits per heavy atom. The Hall–Kier alpha value is -0.560. The third-order valence-corrected chi connectivity index (χ3v) is 3.12. The van der Waals surface area contributed by atoms with Crippen molar-refractivity contribution in [1.29, 1.82) is 0 Å². The van der Waals surface area contributed by atoms with Gasteiger partial charge in [-0.2, -0.15) is 0 Å². The van der Waals surface area contributed by atoms with Crippen molar-refractivity contribution in [3.05, 3.63) is 27.0 Å². The van der Waals surface area contributed by atoms with Gasteiger partial charge in [0.05, 0.1) is 0 Å². The van der Waals surface area contributed by atoms with Crippen LogP contribution in [0.25, 0.3) is 6.08 Å². The van der Waals surface area contributed by atoms with Gasteiger partial charge in [-0.25, -0.2) is 0 Å². The standard InChI is InChI=1S/C9H10S/c1-6-8-4-3-5-9(8)7(2)10-6/h3-4H,5H2,1-2H3. The van der Waals surface area contributed by atoms with Gasteiger partial charge in [0.15, 0.2) is 0 Å². The molecule has 2 rings (SSSR count). The molecule has 0 bridgehead atoms. The van der Waals surface area contributed by atoms with Crippen LogP contribution in [0.1, 0.15) is 20.9 Å². The first kappa shape index (κ1) is 6.17. The summed E-state index contributed by atoms with van der Waals surface area (Å²) in [5.41, 5.74) is 3.05. The Morgan fingerprint density at radius 3 is 2.80 bits per heavy atom. The van der Waals surface area contributed by atoms with Crippen molar-refractivity contribution >= 4 is 17.4 Å². The molecular weight excluding hydrogens is 140 g/mol. The molecule has 0 radical (unpaired) electrons. The third-order valence-electron chi connectivity index (χ3n) is 2.04. The summed E-state index contributed by atoms with van der Waals surface area (Å²) in [6.07, 6.45) is 5.65. The maximum absolute atomic E-state index is 2.25. The lowest BCUT2D eigenvalue weighted by molar-refractivity contribution is 1.29. The molecule has 1 heterocycles. The van der Waals surface area contributed by atoms with Crippen molar-refractivity contribution in [1.82, 2.24) is 0 Å². The molecule has 1 aliphatic carbocycles. The number of hydrogen-bond donors (Lipinski definition) is 0. The van der Waals surface area contributed by atoms with E-state index in [4.69, 9.17) is 0 Å². The van der Waals surface area contributed by atoms with Crippen molar-refractivity contribution in [3.63, 3.8) is 0 Å². The van der Waals surface area contributed by atoms with Crippen LogP contribution < -0.4 is 0 Å². The second kappa shape index (κ2) is 1.96. The molecule has 0 saturated carbocycles. The van der Waals surface area contributed by atoms with Crippen molar-refractivity contribution in [2.24, 2.45) is 0 Å². The lowest BCUT2D eigenvalue weighted by Crippen LogP contribution is -1.76. The van der Waals surface area contributed by atoms with Gasteiger partial charge < -0.3 is 0 Å². The first-order valence-electron chi connectivity index (χ1n) is 3.54. The van der Waals surface area contributed by atoms with Crippen LogP contribution in [0.2, 0.25) is 0 Å². The minimum Gasteiger partial charge on any atom is -0.145 e. The van der Waals surface area contributed by atoms with Gasteiger partial charge in [-0.05, 0) is 31.4 Å². The third kappa shape index (κ3) is 0.671. The van der Waals surface area contributed by atoms with Crippen LogP contribution in [-0.2, 0) is 6.42 Å². The molecule has 0 fully saturated rings. The van der Waals surface area contributed by atoms with E-state index in [2.05, 4.69) is 26.0 Å². The maximum atomic E-state index is 2.25. The van der Waals surface area contributed by atoms with Crippen LogP contribution in [0, 0.1) is 13.8 Å². The molecule has 52 valence electrons. The maximum Gasteiger partial charge on any atom is 0.00922 e. The molecule has 10 heavy (non-hydrogen) atoms. The second-order valence-corrected chi connectivity index (χ2v) is 4.14. The quantitative estimate of drug-likeness (QED) is 0.533. The molecule has 0 N–H and O–H groups in total. The van der Waals surface area contributed by atoms with E-state index in [0.717, 1.165) is 6.42 Å². The van der Waals surface area contributed by atoms with Crippen molar-refractivity contribution in [2.75, 3.05) is 0 Å². The Kier molecular flexibility index (Phi) is 1.21. The predicted molar refractivity (Wildman–Crippen MR) is 46.5 cm³/mol. The summed E-state index contributed by atoms with van der Waals surface area (Å²) < 4.78 is 0. The summed E-state index contributed by atoms with van der Waals surface area (Å²) in [5, 5.41) is 0. The molecule has 0 atom stereocenters. The molecular formula is C9H10S. The molecule has 1 aromatic rings. The minimum atomic E-state index is 1.16. The zero-order chi connectivity index (χ0) is 7.14. The normalized spacial score (nSPS) is 14.2. The number of rotatable bonds is 0. The van der Waals surface area contributed by atoms with E-state index >= 15 is 0 Å². The SMILES string of the molecule is Cc1sc(C)c2c1C=CC2. The lowest BCUT2D eigenvalue weighted by atomic mass is 10.1. The first-order chi connectivity index (χ1) is 4.79. The molecule has 1 aromatic heterocycles. The number of fused-ring (bicyclic) bond motifs is 1. The van der Waals surface area contributed by atoms with Gasteiger partial charge >= 0.3 is 0 Å². The van der Waals surface area contributed by atoms with Crippen molar-refractivity contribution < 1.29 is 0 Å². The largest absolute Gasteiger partial charge is 0.145 e. The van der Waals surface area contributed by atoms with Crippen LogP contribution in [0.3, 0.4) is 0 Å². The summed E-state index contributed by atoms with van der Waals surface area (Å²) in [6.45, 7) is 4.41. The summed E-state index contributed by atoms with van der Waals surface area (Å²) in [6, 6.07) is 0. The Morgan fingerprint density at radius 1 is 1.30 bits per heavy atom. The van der Waals surface area contributed by atoms with E-state index in [-0.39, 0.29) is 0 Å². The Bertz CT molecular complexity index is 292. The monoisotopic (exact) mass is 150 g/mol. The van der Waals surface area contributed by atoms with Crippen LogP contribution in [-0.4, -0.2) is 0 Å². The minimum absolute atomic E-state index is 1.16. The topological polar surface area (TPSA) is 0 Å². The van der Waals surface area contributed by atoms with Gasteiger partial charge in [0.2, 0.25) is 0 Å². The van der Waals surface area contributed by atoms with Gasteiger partial charge in [-0.15, -0.1) is 11.3 Å². The second-order valence-electron chi connectivity index (χ2n) is 2.71. The Balaban J connectivity index is 2.70. The number of allylic oxidation sites excluding steroid dienone is 1. The average molecular weight is 150 g/mol. The molecule has 1 heteroatoms. The number of thiophene rings is 1. The van der Waals surface area contributed by atoms with E-state index in [0.29, 0.717) is 0 Å². The summed E-state index contributed by atoms with van der Waals surface area (Å²) >= 11 is 1.92. The zero-order valence-corrected chi connectivity index (χ0v) is 7.09. The molecule has 0 spiro atoms. The van der Waals surface area contributed by atoms with Crippen molar-refractivity contribution in [3.8, 4) is 0 Å². The molecule has 0 saturated heterocycles. The molecule has 0 nitrogen and oxygen atoms in total. The van der Waals surface area contributed by atoms with Gasteiger partial charge in [-0.3, -0.25) is 0 Å². The van der Waals surface area contributed by atoms with Gasteiger partial charge in [0.25, 0.3) is 0 Å². The molecule has 0 amide bonds. The summed E-state index contributed by atoms with van der Waals surface area (Å²) in [5.74, 6) is 0. The summed E-state index contributed by atoms with van der Waals surface area (Å²) in [7, 11) is 0. The van der Waals surface area contributed by atoms with E-state index in [1.165, 1.54) is 15.3 Å². The first-order valence-corrected chi connectivity index (χ1v) is 4.36.